The number of carbonyl (C=O) groups is 1. The lowest BCUT2D eigenvalue weighted by molar-refractivity contribution is 0.0526. The van der Waals surface area contributed by atoms with Gasteiger partial charge in [-0.1, -0.05) is 15.9 Å². The van der Waals surface area contributed by atoms with Crippen molar-refractivity contribution in [3.8, 4) is 17.6 Å². The van der Waals surface area contributed by atoms with Crippen LogP contribution in [0.1, 0.15) is 22.8 Å². The molecule has 0 aliphatic rings. The largest absolute Gasteiger partial charge is 0.462 e. The highest BCUT2D eigenvalue weighted by molar-refractivity contribution is 9.10. The molecule has 0 heterocycles. The van der Waals surface area contributed by atoms with Gasteiger partial charge in [-0.3, -0.25) is 0 Å². The highest BCUT2D eigenvalue weighted by atomic mass is 79.9. The molecule has 21 heavy (non-hydrogen) atoms. The number of nitrogens with zero attached hydrogens (tertiary/aromatic N) is 1. The third-order valence-electron chi connectivity index (χ3n) is 2.66. The van der Waals surface area contributed by atoms with Gasteiger partial charge in [0.05, 0.1) is 17.7 Å². The molecule has 0 bridgehead atoms. The van der Waals surface area contributed by atoms with E-state index < -0.39 is 0 Å². The van der Waals surface area contributed by atoms with E-state index in [0.29, 0.717) is 29.2 Å². The zero-order valence-corrected chi connectivity index (χ0v) is 12.9. The van der Waals surface area contributed by atoms with Crippen LogP contribution < -0.4 is 4.74 Å². The van der Waals surface area contributed by atoms with Gasteiger partial charge in [0.25, 0.3) is 0 Å². The molecule has 0 amide bonds. The molecule has 0 unspecified atom stereocenters. The van der Waals surface area contributed by atoms with Gasteiger partial charge in [0.15, 0.2) is 0 Å². The van der Waals surface area contributed by atoms with Crippen LogP contribution in [0.15, 0.2) is 46.9 Å². The van der Waals surface area contributed by atoms with E-state index in [1.807, 2.05) is 0 Å². The molecule has 0 saturated heterocycles. The summed E-state index contributed by atoms with van der Waals surface area (Å²) in [5.74, 6) is 0.636. The van der Waals surface area contributed by atoms with E-state index >= 15 is 0 Å². The molecule has 106 valence electrons. The maximum Gasteiger partial charge on any atom is 0.338 e. The summed E-state index contributed by atoms with van der Waals surface area (Å²) in [5.41, 5.74) is 0.888. The van der Waals surface area contributed by atoms with Crippen LogP contribution in [-0.4, -0.2) is 12.6 Å². The lowest BCUT2D eigenvalue weighted by Crippen LogP contribution is -2.04. The molecule has 4 nitrogen and oxygen atoms in total. The minimum Gasteiger partial charge on any atom is -0.462 e. The normalized spacial score (nSPS) is 9.76. The molecule has 0 aliphatic heterocycles. The SMILES string of the molecule is CCOC(=O)c1ccc(Oc2ccc(Br)cc2C#N)cc1. The van der Waals surface area contributed by atoms with Crippen molar-refractivity contribution in [3.05, 3.63) is 58.1 Å². The van der Waals surface area contributed by atoms with Gasteiger partial charge in [-0.2, -0.15) is 5.26 Å². The maximum absolute atomic E-state index is 11.5. The summed E-state index contributed by atoms with van der Waals surface area (Å²) in [6.07, 6.45) is 0. The molecule has 0 spiro atoms. The van der Waals surface area contributed by atoms with Crippen molar-refractivity contribution in [3.63, 3.8) is 0 Å². The minimum absolute atomic E-state index is 0.335. The lowest BCUT2D eigenvalue weighted by Gasteiger charge is -2.08. The average molecular weight is 346 g/mol. The lowest BCUT2D eigenvalue weighted by atomic mass is 10.2. The van der Waals surface area contributed by atoms with E-state index in [2.05, 4.69) is 22.0 Å². The summed E-state index contributed by atoms with van der Waals surface area (Å²) in [4.78, 5) is 11.5. The molecule has 0 fully saturated rings. The van der Waals surface area contributed by atoms with Gasteiger partial charge in [-0.15, -0.1) is 0 Å². The number of hydrogen-bond donors (Lipinski definition) is 0. The summed E-state index contributed by atoms with van der Waals surface area (Å²) >= 11 is 3.30. The van der Waals surface area contributed by atoms with Crippen LogP contribution in [0.5, 0.6) is 11.5 Å². The fourth-order valence-corrected chi connectivity index (χ4v) is 2.04. The van der Waals surface area contributed by atoms with Crippen molar-refractivity contribution in [1.82, 2.24) is 0 Å². The number of carbonyl (C=O) groups excluding carboxylic acids is 1. The quantitative estimate of drug-likeness (QED) is 0.775. The first-order valence-corrected chi connectivity index (χ1v) is 7.08. The van der Waals surface area contributed by atoms with Crippen LogP contribution in [0.3, 0.4) is 0 Å². The molecular weight excluding hydrogens is 334 g/mol. The summed E-state index contributed by atoms with van der Waals surface area (Å²) < 4.78 is 11.4. The third kappa shape index (κ3) is 3.83. The minimum atomic E-state index is -0.370. The molecule has 5 heteroatoms. The van der Waals surface area contributed by atoms with Crippen molar-refractivity contribution in [1.29, 1.82) is 5.26 Å². The first-order valence-electron chi connectivity index (χ1n) is 6.28. The Hall–Kier alpha value is -2.32. The molecule has 2 rings (SSSR count). The van der Waals surface area contributed by atoms with Crippen LogP contribution >= 0.6 is 15.9 Å². The summed E-state index contributed by atoms with van der Waals surface area (Å²) in [5, 5.41) is 9.08. The number of hydrogen-bond acceptors (Lipinski definition) is 4. The number of ether oxygens (including phenoxy) is 2. The molecule has 0 aromatic heterocycles. The van der Waals surface area contributed by atoms with Gasteiger partial charge in [0.1, 0.15) is 17.6 Å². The molecule has 0 atom stereocenters. The Balaban J connectivity index is 2.18. The van der Waals surface area contributed by atoms with Gasteiger partial charge in [-0.05, 0) is 49.4 Å². The zero-order valence-electron chi connectivity index (χ0n) is 11.3. The average Bonchev–Trinajstić information content (AvgIpc) is 2.50. The van der Waals surface area contributed by atoms with Crippen LogP contribution in [0, 0.1) is 11.3 Å². The second-order valence-corrected chi connectivity index (χ2v) is 5.01. The predicted molar refractivity (Wildman–Crippen MR) is 81.3 cm³/mol. The van der Waals surface area contributed by atoms with Gasteiger partial charge in [-0.25, -0.2) is 4.79 Å². The number of rotatable bonds is 4. The van der Waals surface area contributed by atoms with Gasteiger partial charge in [0, 0.05) is 4.47 Å². The van der Waals surface area contributed by atoms with Crippen molar-refractivity contribution in [2.75, 3.05) is 6.61 Å². The number of nitriles is 1. The highest BCUT2D eigenvalue weighted by Crippen LogP contribution is 2.27. The fraction of sp³-hybridized carbons (Fsp3) is 0.125. The molecule has 0 saturated carbocycles. The topological polar surface area (TPSA) is 59.3 Å². The van der Waals surface area contributed by atoms with Crippen molar-refractivity contribution >= 4 is 21.9 Å². The summed E-state index contributed by atoms with van der Waals surface area (Å²) in [7, 11) is 0. The monoisotopic (exact) mass is 345 g/mol. The van der Waals surface area contributed by atoms with E-state index in [1.54, 1.807) is 49.4 Å². The second-order valence-electron chi connectivity index (χ2n) is 4.10. The Morgan fingerprint density at radius 3 is 2.57 bits per heavy atom. The van der Waals surface area contributed by atoms with Crippen molar-refractivity contribution < 1.29 is 14.3 Å². The van der Waals surface area contributed by atoms with Crippen LogP contribution in [-0.2, 0) is 4.74 Å². The predicted octanol–water partition coefficient (Wildman–Crippen LogP) is 4.29. The Kier molecular flexibility index (Phi) is 4.96. The fourth-order valence-electron chi connectivity index (χ4n) is 1.68. The molecule has 2 aromatic carbocycles. The molecular formula is C16H12BrNO3. The highest BCUT2D eigenvalue weighted by Gasteiger charge is 2.08. The standard InChI is InChI=1S/C16H12BrNO3/c1-2-20-16(19)11-3-6-14(7-4-11)21-15-8-5-13(17)9-12(15)10-18/h3-9H,2H2,1H3. The number of esters is 1. The number of benzene rings is 2. The van der Waals surface area contributed by atoms with E-state index in [0.717, 1.165) is 4.47 Å². The Bertz CT molecular complexity index is 690. The van der Waals surface area contributed by atoms with Crippen LogP contribution in [0.4, 0.5) is 0 Å². The zero-order chi connectivity index (χ0) is 15.2. The smallest absolute Gasteiger partial charge is 0.338 e. The van der Waals surface area contributed by atoms with E-state index in [4.69, 9.17) is 14.7 Å². The molecule has 0 radical (unpaired) electrons. The van der Waals surface area contributed by atoms with Gasteiger partial charge >= 0.3 is 5.97 Å². The third-order valence-corrected chi connectivity index (χ3v) is 3.15. The summed E-state index contributed by atoms with van der Waals surface area (Å²) in [6.45, 7) is 2.09. The van der Waals surface area contributed by atoms with Crippen molar-refractivity contribution in [2.24, 2.45) is 0 Å². The Morgan fingerprint density at radius 1 is 1.24 bits per heavy atom. The van der Waals surface area contributed by atoms with E-state index in [-0.39, 0.29) is 5.97 Å². The van der Waals surface area contributed by atoms with Crippen molar-refractivity contribution in [2.45, 2.75) is 6.92 Å². The Labute approximate surface area is 131 Å². The summed E-state index contributed by atoms with van der Waals surface area (Å²) in [6, 6.07) is 13.8. The van der Waals surface area contributed by atoms with Gasteiger partial charge < -0.3 is 9.47 Å². The second kappa shape index (κ2) is 6.91. The van der Waals surface area contributed by atoms with E-state index in [9.17, 15) is 4.79 Å². The Morgan fingerprint density at radius 2 is 1.95 bits per heavy atom. The molecule has 0 N–H and O–H groups in total. The molecule has 0 aliphatic carbocycles. The van der Waals surface area contributed by atoms with Crippen LogP contribution in [0.2, 0.25) is 0 Å². The van der Waals surface area contributed by atoms with Gasteiger partial charge in [0.2, 0.25) is 0 Å². The van der Waals surface area contributed by atoms with Crippen LogP contribution in [0.25, 0.3) is 0 Å². The first kappa shape index (κ1) is 15.1. The molecule has 2 aromatic rings. The first-order chi connectivity index (χ1) is 10.1. The van der Waals surface area contributed by atoms with E-state index in [1.165, 1.54) is 0 Å². The maximum atomic E-state index is 11.5. The number of halogens is 1.